The summed E-state index contributed by atoms with van der Waals surface area (Å²) in [6.45, 7) is 0. The number of rotatable bonds is 4. The summed E-state index contributed by atoms with van der Waals surface area (Å²) in [7, 11) is 0. The smallest absolute Gasteiger partial charge is 0.310 e. The van der Waals surface area contributed by atoms with E-state index in [1.165, 1.54) is 23.4 Å². The normalized spacial score (nSPS) is 22.7. The van der Waals surface area contributed by atoms with Gasteiger partial charge in [0.1, 0.15) is 0 Å². The molecule has 1 aromatic rings. The van der Waals surface area contributed by atoms with Crippen LogP contribution in [-0.2, 0) is 11.2 Å². The van der Waals surface area contributed by atoms with Crippen molar-refractivity contribution in [2.75, 3.05) is 0 Å². The Bertz CT molecular complexity index is 404. The van der Waals surface area contributed by atoms with E-state index < -0.39 is 11.4 Å². The van der Waals surface area contributed by atoms with Gasteiger partial charge in [0.05, 0.1) is 16.6 Å². The molecule has 2 aliphatic carbocycles. The van der Waals surface area contributed by atoms with Gasteiger partial charge in [0.2, 0.25) is 0 Å². The maximum atomic E-state index is 11.1. The molecule has 0 aliphatic heterocycles. The van der Waals surface area contributed by atoms with Crippen molar-refractivity contribution in [3.8, 4) is 0 Å². The van der Waals surface area contributed by atoms with Crippen LogP contribution in [0.2, 0.25) is 0 Å². The van der Waals surface area contributed by atoms with Gasteiger partial charge in [0, 0.05) is 10.8 Å². The first-order chi connectivity index (χ1) is 7.21. The standard InChI is InChI=1S/C11H13NO2S/c13-10(14)11(3-4-11)5-8-9(7-1-2-7)12-6-15-8/h6-7H,1-5H2,(H,13,14). The highest BCUT2D eigenvalue weighted by molar-refractivity contribution is 7.09. The van der Waals surface area contributed by atoms with E-state index in [2.05, 4.69) is 4.98 Å². The Kier molecular flexibility index (Phi) is 1.89. The van der Waals surface area contributed by atoms with E-state index >= 15 is 0 Å². The highest BCUT2D eigenvalue weighted by Gasteiger charge is 2.51. The molecule has 1 aromatic heterocycles. The fraction of sp³-hybridized carbons (Fsp3) is 0.636. The minimum absolute atomic E-state index is 0.434. The van der Waals surface area contributed by atoms with Crippen molar-refractivity contribution in [1.82, 2.24) is 4.98 Å². The van der Waals surface area contributed by atoms with Crippen LogP contribution in [-0.4, -0.2) is 16.1 Å². The zero-order valence-electron chi connectivity index (χ0n) is 8.40. The summed E-state index contributed by atoms with van der Waals surface area (Å²) in [6.07, 6.45) is 4.85. The maximum absolute atomic E-state index is 11.1. The molecule has 0 bridgehead atoms. The molecular formula is C11H13NO2S. The summed E-state index contributed by atoms with van der Waals surface area (Å²) in [5, 5.41) is 9.13. The largest absolute Gasteiger partial charge is 0.481 e. The van der Waals surface area contributed by atoms with Crippen LogP contribution in [0.15, 0.2) is 5.51 Å². The summed E-state index contributed by atoms with van der Waals surface area (Å²) in [5.41, 5.74) is 2.62. The molecule has 0 spiro atoms. The van der Waals surface area contributed by atoms with Gasteiger partial charge in [-0.15, -0.1) is 11.3 Å². The quantitative estimate of drug-likeness (QED) is 0.852. The van der Waals surface area contributed by atoms with Gasteiger partial charge in [-0.1, -0.05) is 0 Å². The highest BCUT2D eigenvalue weighted by Crippen LogP contribution is 2.51. The zero-order chi connectivity index (χ0) is 10.5. The third kappa shape index (κ3) is 1.57. The molecule has 0 saturated heterocycles. The lowest BCUT2D eigenvalue weighted by atomic mass is 10.0. The first-order valence-electron chi connectivity index (χ1n) is 5.37. The highest BCUT2D eigenvalue weighted by atomic mass is 32.1. The summed E-state index contributed by atoms with van der Waals surface area (Å²) < 4.78 is 0. The Morgan fingerprint density at radius 1 is 1.60 bits per heavy atom. The van der Waals surface area contributed by atoms with Gasteiger partial charge in [0.25, 0.3) is 0 Å². The van der Waals surface area contributed by atoms with Gasteiger partial charge in [-0.05, 0) is 32.1 Å². The van der Waals surface area contributed by atoms with Crippen molar-refractivity contribution < 1.29 is 9.90 Å². The second kappa shape index (κ2) is 3.04. The number of thiazole rings is 1. The fourth-order valence-corrected chi connectivity index (χ4v) is 3.02. The van der Waals surface area contributed by atoms with Crippen molar-refractivity contribution in [3.05, 3.63) is 16.1 Å². The summed E-state index contributed by atoms with van der Waals surface area (Å²) in [4.78, 5) is 16.7. The van der Waals surface area contributed by atoms with Gasteiger partial charge in [-0.25, -0.2) is 4.98 Å². The first kappa shape index (κ1) is 9.33. The monoisotopic (exact) mass is 223 g/mol. The Labute approximate surface area is 92.2 Å². The van der Waals surface area contributed by atoms with Crippen LogP contribution in [0.3, 0.4) is 0 Å². The molecule has 2 aliphatic rings. The van der Waals surface area contributed by atoms with E-state index in [0.717, 1.165) is 12.8 Å². The Hall–Kier alpha value is -0.900. The van der Waals surface area contributed by atoms with Crippen molar-refractivity contribution in [2.24, 2.45) is 5.41 Å². The zero-order valence-corrected chi connectivity index (χ0v) is 9.22. The topological polar surface area (TPSA) is 50.2 Å². The third-order valence-electron chi connectivity index (χ3n) is 3.44. The molecule has 1 heterocycles. The van der Waals surface area contributed by atoms with Gasteiger partial charge in [-0.2, -0.15) is 0 Å². The molecule has 0 atom stereocenters. The second-order valence-corrected chi connectivity index (χ2v) is 5.64. The SMILES string of the molecule is O=C(O)C1(Cc2scnc2C2CC2)CC1. The van der Waals surface area contributed by atoms with Gasteiger partial charge >= 0.3 is 5.97 Å². The minimum atomic E-state index is -0.627. The van der Waals surface area contributed by atoms with Crippen LogP contribution in [0, 0.1) is 5.41 Å². The van der Waals surface area contributed by atoms with Crippen LogP contribution >= 0.6 is 11.3 Å². The van der Waals surface area contributed by atoms with Crippen molar-refractivity contribution in [3.63, 3.8) is 0 Å². The predicted molar refractivity (Wildman–Crippen MR) is 57.1 cm³/mol. The van der Waals surface area contributed by atoms with Crippen LogP contribution < -0.4 is 0 Å². The number of carboxylic acids is 1. The van der Waals surface area contributed by atoms with Crippen LogP contribution in [0.25, 0.3) is 0 Å². The van der Waals surface area contributed by atoms with Crippen LogP contribution in [0.5, 0.6) is 0 Å². The van der Waals surface area contributed by atoms with Gasteiger partial charge < -0.3 is 5.11 Å². The van der Waals surface area contributed by atoms with E-state index in [0.29, 0.717) is 12.3 Å². The van der Waals surface area contributed by atoms with E-state index in [1.807, 2.05) is 5.51 Å². The number of aliphatic carboxylic acids is 1. The van der Waals surface area contributed by atoms with Crippen molar-refractivity contribution in [2.45, 2.75) is 38.0 Å². The number of nitrogens with zero attached hydrogens (tertiary/aromatic N) is 1. The molecule has 1 N–H and O–H groups in total. The molecule has 3 nitrogen and oxygen atoms in total. The molecule has 0 amide bonds. The Balaban J connectivity index is 1.81. The Morgan fingerprint density at radius 3 is 2.87 bits per heavy atom. The Morgan fingerprint density at radius 2 is 2.33 bits per heavy atom. The van der Waals surface area contributed by atoms with Gasteiger partial charge in [-0.3, -0.25) is 4.79 Å². The molecule has 80 valence electrons. The van der Waals surface area contributed by atoms with E-state index in [-0.39, 0.29) is 0 Å². The van der Waals surface area contributed by atoms with Crippen molar-refractivity contribution >= 4 is 17.3 Å². The lowest BCUT2D eigenvalue weighted by molar-refractivity contribution is -0.143. The average molecular weight is 223 g/mol. The van der Waals surface area contributed by atoms with Crippen LogP contribution in [0.4, 0.5) is 0 Å². The number of carbonyl (C=O) groups is 1. The summed E-state index contributed by atoms with van der Waals surface area (Å²) in [6, 6.07) is 0. The number of hydrogen-bond donors (Lipinski definition) is 1. The molecular weight excluding hydrogens is 210 g/mol. The second-order valence-electron chi connectivity index (χ2n) is 4.70. The molecule has 15 heavy (non-hydrogen) atoms. The van der Waals surface area contributed by atoms with Crippen LogP contribution in [0.1, 0.15) is 42.2 Å². The van der Waals surface area contributed by atoms with E-state index in [4.69, 9.17) is 5.11 Å². The maximum Gasteiger partial charge on any atom is 0.310 e. The molecule has 0 aromatic carbocycles. The third-order valence-corrected chi connectivity index (χ3v) is 4.29. The minimum Gasteiger partial charge on any atom is -0.481 e. The van der Waals surface area contributed by atoms with E-state index in [9.17, 15) is 4.79 Å². The fourth-order valence-electron chi connectivity index (χ4n) is 2.03. The lowest BCUT2D eigenvalue weighted by Gasteiger charge is -2.08. The molecule has 0 radical (unpaired) electrons. The molecule has 3 rings (SSSR count). The summed E-state index contributed by atoms with van der Waals surface area (Å²) in [5.74, 6) is 0.00786. The van der Waals surface area contributed by atoms with Crippen molar-refractivity contribution in [1.29, 1.82) is 0 Å². The first-order valence-corrected chi connectivity index (χ1v) is 6.25. The lowest BCUT2D eigenvalue weighted by Crippen LogP contribution is -2.17. The number of aromatic nitrogens is 1. The molecule has 2 fully saturated rings. The predicted octanol–water partition coefficient (Wildman–Crippen LogP) is 2.43. The summed E-state index contributed by atoms with van der Waals surface area (Å²) >= 11 is 1.63. The van der Waals surface area contributed by atoms with E-state index in [1.54, 1.807) is 11.3 Å². The molecule has 0 unspecified atom stereocenters. The number of hydrogen-bond acceptors (Lipinski definition) is 3. The molecule has 2 saturated carbocycles. The number of carboxylic acid groups (broad SMARTS) is 1. The molecule has 4 heteroatoms. The average Bonchev–Trinajstić information content (AvgIpc) is 3.08. The van der Waals surface area contributed by atoms with Gasteiger partial charge in [0.15, 0.2) is 0 Å².